The first-order valence-corrected chi connectivity index (χ1v) is 5.13. The Balaban J connectivity index is 2.09. The van der Waals surface area contributed by atoms with E-state index in [4.69, 9.17) is 5.73 Å². The number of imide groups is 1. The molecule has 0 aromatic carbocycles. The van der Waals surface area contributed by atoms with Crippen LogP contribution in [0.25, 0.3) is 0 Å². The molecule has 0 radical (unpaired) electrons. The van der Waals surface area contributed by atoms with Gasteiger partial charge < -0.3 is 5.73 Å². The van der Waals surface area contributed by atoms with Crippen LogP contribution in [0.3, 0.4) is 0 Å². The zero-order chi connectivity index (χ0) is 10.3. The van der Waals surface area contributed by atoms with Gasteiger partial charge in [-0.15, -0.1) is 0 Å². The van der Waals surface area contributed by atoms with Crippen molar-refractivity contribution in [2.24, 2.45) is 23.0 Å². The maximum atomic E-state index is 11.8. The quantitative estimate of drug-likeness (QED) is 0.657. The van der Waals surface area contributed by atoms with E-state index in [1.807, 2.05) is 6.92 Å². The number of nitrogens with one attached hydrogen (secondary N) is 1. The molecule has 14 heavy (non-hydrogen) atoms. The first-order valence-electron chi connectivity index (χ1n) is 5.13. The summed E-state index contributed by atoms with van der Waals surface area (Å²) in [5.41, 5.74) is 4.60. The molecule has 3 atom stereocenters. The predicted molar refractivity (Wildman–Crippen MR) is 51.3 cm³/mol. The number of rotatable bonds is 1. The lowest BCUT2D eigenvalue weighted by Gasteiger charge is -2.31. The molecule has 2 saturated carbocycles. The van der Waals surface area contributed by atoms with Crippen LogP contribution in [0.4, 0.5) is 4.79 Å². The fourth-order valence-electron chi connectivity index (χ4n) is 3.14. The summed E-state index contributed by atoms with van der Waals surface area (Å²) in [6.07, 6.45) is 4.41. The summed E-state index contributed by atoms with van der Waals surface area (Å²) in [5.74, 6) is 0.952. The summed E-state index contributed by atoms with van der Waals surface area (Å²) in [6.45, 7) is 1.95. The smallest absolute Gasteiger partial charge is 0.318 e. The minimum atomic E-state index is -0.737. The summed E-state index contributed by atoms with van der Waals surface area (Å²) in [4.78, 5) is 22.4. The number of hydrogen-bond acceptors (Lipinski definition) is 2. The van der Waals surface area contributed by atoms with Gasteiger partial charge in [0.1, 0.15) is 0 Å². The van der Waals surface area contributed by atoms with Crippen LogP contribution >= 0.6 is 0 Å². The van der Waals surface area contributed by atoms with Gasteiger partial charge in [-0.2, -0.15) is 0 Å². The summed E-state index contributed by atoms with van der Waals surface area (Å²) in [5, 5.41) is 2.21. The number of amides is 3. The topological polar surface area (TPSA) is 72.2 Å². The maximum Gasteiger partial charge on any atom is 0.318 e. The SMILES string of the molecule is C[C@@]1(C(=O)NC(N)=O)C[C@H]2CC[C@H]1C2. The monoisotopic (exact) mass is 196 g/mol. The second-order valence-electron chi connectivity index (χ2n) is 4.82. The van der Waals surface area contributed by atoms with Crippen molar-refractivity contribution in [3.05, 3.63) is 0 Å². The van der Waals surface area contributed by atoms with Crippen LogP contribution < -0.4 is 11.1 Å². The summed E-state index contributed by atoms with van der Waals surface area (Å²) in [7, 11) is 0. The Labute approximate surface area is 83.2 Å². The number of carbonyl (C=O) groups excluding carboxylic acids is 2. The third kappa shape index (κ3) is 1.29. The van der Waals surface area contributed by atoms with Crippen molar-refractivity contribution in [3.8, 4) is 0 Å². The molecule has 3 N–H and O–H groups in total. The van der Waals surface area contributed by atoms with E-state index >= 15 is 0 Å². The molecule has 4 heteroatoms. The van der Waals surface area contributed by atoms with Crippen LogP contribution in [-0.4, -0.2) is 11.9 Å². The Kier molecular flexibility index (Phi) is 2.01. The lowest BCUT2D eigenvalue weighted by Crippen LogP contribution is -2.46. The fourth-order valence-corrected chi connectivity index (χ4v) is 3.14. The third-order valence-electron chi connectivity index (χ3n) is 3.91. The number of nitrogens with two attached hydrogens (primary N) is 1. The summed E-state index contributed by atoms with van der Waals surface area (Å²) in [6, 6.07) is -0.737. The van der Waals surface area contributed by atoms with Crippen molar-refractivity contribution in [1.29, 1.82) is 0 Å². The first-order chi connectivity index (χ1) is 6.52. The van der Waals surface area contributed by atoms with Crippen LogP contribution in [-0.2, 0) is 4.79 Å². The van der Waals surface area contributed by atoms with Gasteiger partial charge in [-0.1, -0.05) is 13.3 Å². The average molecular weight is 196 g/mol. The van der Waals surface area contributed by atoms with Crippen molar-refractivity contribution in [3.63, 3.8) is 0 Å². The molecule has 0 saturated heterocycles. The minimum absolute atomic E-state index is 0.183. The molecule has 0 aromatic rings. The van der Waals surface area contributed by atoms with E-state index in [0.29, 0.717) is 11.8 Å². The Morgan fingerprint density at radius 3 is 2.57 bits per heavy atom. The van der Waals surface area contributed by atoms with E-state index in [0.717, 1.165) is 19.3 Å². The van der Waals surface area contributed by atoms with Gasteiger partial charge in [0.15, 0.2) is 0 Å². The minimum Gasteiger partial charge on any atom is -0.351 e. The van der Waals surface area contributed by atoms with Crippen molar-refractivity contribution in [1.82, 2.24) is 5.32 Å². The molecule has 4 nitrogen and oxygen atoms in total. The second-order valence-corrected chi connectivity index (χ2v) is 4.82. The van der Waals surface area contributed by atoms with Gasteiger partial charge in [0.05, 0.1) is 0 Å². The van der Waals surface area contributed by atoms with Gasteiger partial charge >= 0.3 is 6.03 Å². The lowest BCUT2D eigenvalue weighted by atomic mass is 9.74. The Bertz CT molecular complexity index is 290. The van der Waals surface area contributed by atoms with E-state index in [9.17, 15) is 9.59 Å². The number of fused-ring (bicyclic) bond motifs is 2. The van der Waals surface area contributed by atoms with E-state index in [1.165, 1.54) is 6.42 Å². The van der Waals surface area contributed by atoms with Crippen molar-refractivity contribution >= 4 is 11.9 Å². The predicted octanol–water partition coefficient (Wildman–Crippen LogP) is 1.01. The highest BCUT2D eigenvalue weighted by molar-refractivity contribution is 5.96. The van der Waals surface area contributed by atoms with Crippen molar-refractivity contribution < 1.29 is 9.59 Å². The normalized spacial score (nSPS) is 39.8. The Hall–Kier alpha value is -1.06. The molecule has 2 fully saturated rings. The molecule has 2 bridgehead atoms. The zero-order valence-corrected chi connectivity index (χ0v) is 8.38. The highest BCUT2D eigenvalue weighted by atomic mass is 16.2. The van der Waals surface area contributed by atoms with Gasteiger partial charge in [-0.3, -0.25) is 10.1 Å². The standard InChI is InChI=1S/C10H16N2O2/c1-10(8(13)12-9(11)14)5-6-2-3-7(10)4-6/h6-7H,2-5H2,1H3,(H3,11,12,13,14)/t6-,7-,10+/m0/s1. The number of carbonyl (C=O) groups is 2. The van der Waals surface area contributed by atoms with Crippen LogP contribution in [0.1, 0.15) is 32.6 Å². The number of primary amides is 1. The van der Waals surface area contributed by atoms with Gasteiger partial charge in [0, 0.05) is 5.41 Å². The molecule has 2 aliphatic rings. The van der Waals surface area contributed by atoms with Crippen molar-refractivity contribution in [2.75, 3.05) is 0 Å². The summed E-state index contributed by atoms with van der Waals surface area (Å²) < 4.78 is 0. The Morgan fingerprint density at radius 2 is 2.14 bits per heavy atom. The molecule has 3 amide bonds. The maximum absolute atomic E-state index is 11.8. The molecule has 0 aliphatic heterocycles. The van der Waals surface area contributed by atoms with E-state index < -0.39 is 6.03 Å². The zero-order valence-electron chi connectivity index (χ0n) is 8.38. The highest BCUT2D eigenvalue weighted by Crippen LogP contribution is 2.55. The van der Waals surface area contributed by atoms with Crippen LogP contribution in [0.15, 0.2) is 0 Å². The largest absolute Gasteiger partial charge is 0.351 e. The molecule has 0 heterocycles. The van der Waals surface area contributed by atoms with E-state index in [2.05, 4.69) is 5.32 Å². The molecule has 0 aromatic heterocycles. The average Bonchev–Trinajstić information content (AvgIpc) is 2.62. The van der Waals surface area contributed by atoms with E-state index in [-0.39, 0.29) is 11.3 Å². The van der Waals surface area contributed by atoms with Crippen LogP contribution in [0.2, 0.25) is 0 Å². The molecule has 2 aliphatic carbocycles. The number of urea groups is 1. The lowest BCUT2D eigenvalue weighted by molar-refractivity contribution is -0.131. The molecular weight excluding hydrogens is 180 g/mol. The Morgan fingerprint density at radius 1 is 1.43 bits per heavy atom. The molecular formula is C10H16N2O2. The highest BCUT2D eigenvalue weighted by Gasteiger charge is 2.52. The number of hydrogen-bond donors (Lipinski definition) is 2. The van der Waals surface area contributed by atoms with Gasteiger partial charge in [0.2, 0.25) is 5.91 Å². The molecule has 2 rings (SSSR count). The van der Waals surface area contributed by atoms with Crippen molar-refractivity contribution in [2.45, 2.75) is 32.6 Å². The summed E-state index contributed by atoms with van der Waals surface area (Å²) >= 11 is 0. The van der Waals surface area contributed by atoms with Gasteiger partial charge in [-0.05, 0) is 31.1 Å². The van der Waals surface area contributed by atoms with Gasteiger partial charge in [0.25, 0.3) is 0 Å². The van der Waals surface area contributed by atoms with Crippen LogP contribution in [0.5, 0.6) is 0 Å². The first kappa shape index (κ1) is 9.49. The second kappa shape index (κ2) is 2.97. The molecule has 0 unspecified atom stereocenters. The third-order valence-corrected chi connectivity index (χ3v) is 3.91. The van der Waals surface area contributed by atoms with E-state index in [1.54, 1.807) is 0 Å². The van der Waals surface area contributed by atoms with Gasteiger partial charge in [-0.25, -0.2) is 4.79 Å². The van der Waals surface area contributed by atoms with Crippen LogP contribution in [0, 0.1) is 17.3 Å². The molecule has 78 valence electrons. The molecule has 0 spiro atoms. The fraction of sp³-hybridized carbons (Fsp3) is 0.800.